The average molecular weight is 260 g/mol. The molecule has 2 aliphatic heterocycles. The Morgan fingerprint density at radius 2 is 2.32 bits per heavy atom. The van der Waals surface area contributed by atoms with Crippen molar-refractivity contribution in [3.05, 3.63) is 24.0 Å². The van der Waals surface area contributed by atoms with Crippen molar-refractivity contribution >= 4 is 11.6 Å². The van der Waals surface area contributed by atoms with E-state index in [-0.39, 0.29) is 5.91 Å². The van der Waals surface area contributed by atoms with Crippen LogP contribution in [0.3, 0.4) is 0 Å². The third-order valence-corrected chi connectivity index (χ3v) is 4.26. The SMILES string of the molecule is CNc1cnccc1C(=O)NC1CCN2CCCC12. The number of pyridine rings is 1. The molecule has 2 fully saturated rings. The lowest BCUT2D eigenvalue weighted by Gasteiger charge is -2.21. The van der Waals surface area contributed by atoms with E-state index < -0.39 is 0 Å². The molecular formula is C14H20N4O. The molecule has 5 heteroatoms. The van der Waals surface area contributed by atoms with Gasteiger partial charge in [0.25, 0.3) is 5.91 Å². The third kappa shape index (κ3) is 2.30. The molecule has 0 aromatic carbocycles. The van der Waals surface area contributed by atoms with Gasteiger partial charge in [-0.1, -0.05) is 0 Å². The molecule has 19 heavy (non-hydrogen) atoms. The van der Waals surface area contributed by atoms with Crippen LogP contribution in [0.15, 0.2) is 18.5 Å². The van der Waals surface area contributed by atoms with Crippen LogP contribution in [0.4, 0.5) is 5.69 Å². The Kier molecular flexibility index (Phi) is 3.38. The smallest absolute Gasteiger partial charge is 0.253 e. The quantitative estimate of drug-likeness (QED) is 0.854. The minimum Gasteiger partial charge on any atom is -0.386 e. The number of carbonyl (C=O) groups is 1. The minimum atomic E-state index is 0.00509. The minimum absolute atomic E-state index is 0.00509. The molecule has 2 saturated heterocycles. The molecule has 0 saturated carbocycles. The highest BCUT2D eigenvalue weighted by Gasteiger charge is 2.37. The van der Waals surface area contributed by atoms with Crippen LogP contribution in [-0.2, 0) is 0 Å². The van der Waals surface area contributed by atoms with Crippen LogP contribution in [0.5, 0.6) is 0 Å². The van der Waals surface area contributed by atoms with Crippen LogP contribution < -0.4 is 10.6 Å². The van der Waals surface area contributed by atoms with Crippen LogP contribution in [0.1, 0.15) is 29.6 Å². The molecule has 2 N–H and O–H groups in total. The molecule has 1 aromatic heterocycles. The van der Waals surface area contributed by atoms with Crippen LogP contribution in [0.2, 0.25) is 0 Å². The largest absolute Gasteiger partial charge is 0.386 e. The summed E-state index contributed by atoms with van der Waals surface area (Å²) in [5.74, 6) is 0.00509. The number of rotatable bonds is 3. The average Bonchev–Trinajstić information content (AvgIpc) is 3.03. The topological polar surface area (TPSA) is 57.3 Å². The predicted octanol–water partition coefficient (Wildman–Crippen LogP) is 1.09. The van der Waals surface area contributed by atoms with Crippen molar-refractivity contribution in [2.75, 3.05) is 25.5 Å². The van der Waals surface area contributed by atoms with Crippen molar-refractivity contribution in [2.24, 2.45) is 0 Å². The fraction of sp³-hybridized carbons (Fsp3) is 0.571. The Hall–Kier alpha value is -1.62. The van der Waals surface area contributed by atoms with E-state index in [1.807, 2.05) is 7.05 Å². The molecule has 102 valence electrons. The number of hydrogen-bond donors (Lipinski definition) is 2. The summed E-state index contributed by atoms with van der Waals surface area (Å²) in [7, 11) is 1.81. The van der Waals surface area contributed by atoms with Crippen molar-refractivity contribution < 1.29 is 4.79 Å². The summed E-state index contributed by atoms with van der Waals surface area (Å²) in [6.07, 6.45) is 6.88. The van der Waals surface area contributed by atoms with Gasteiger partial charge in [0.1, 0.15) is 0 Å². The number of carbonyl (C=O) groups excluding carboxylic acids is 1. The molecule has 0 bridgehead atoms. The zero-order valence-corrected chi connectivity index (χ0v) is 11.2. The summed E-state index contributed by atoms with van der Waals surface area (Å²) in [4.78, 5) is 18.9. The first kappa shape index (κ1) is 12.4. The van der Waals surface area contributed by atoms with Gasteiger partial charge in [-0.25, -0.2) is 0 Å². The Bertz CT molecular complexity index is 476. The Morgan fingerprint density at radius 1 is 1.42 bits per heavy atom. The number of nitrogens with one attached hydrogen (secondary N) is 2. The van der Waals surface area contributed by atoms with E-state index in [1.54, 1.807) is 18.5 Å². The fourth-order valence-corrected chi connectivity index (χ4v) is 3.29. The molecule has 0 aliphatic carbocycles. The molecule has 3 rings (SSSR count). The highest BCUT2D eigenvalue weighted by molar-refractivity contribution is 5.99. The number of aromatic nitrogens is 1. The van der Waals surface area contributed by atoms with Gasteiger partial charge in [-0.15, -0.1) is 0 Å². The fourth-order valence-electron chi connectivity index (χ4n) is 3.29. The molecule has 2 aliphatic rings. The van der Waals surface area contributed by atoms with Crippen molar-refractivity contribution in [1.29, 1.82) is 0 Å². The molecule has 2 unspecified atom stereocenters. The highest BCUT2D eigenvalue weighted by Crippen LogP contribution is 2.28. The van der Waals surface area contributed by atoms with Gasteiger partial charge >= 0.3 is 0 Å². The molecule has 0 radical (unpaired) electrons. The lowest BCUT2D eigenvalue weighted by molar-refractivity contribution is 0.0930. The van der Waals surface area contributed by atoms with Crippen molar-refractivity contribution in [3.8, 4) is 0 Å². The first-order chi connectivity index (χ1) is 9.29. The van der Waals surface area contributed by atoms with Crippen LogP contribution in [0.25, 0.3) is 0 Å². The van der Waals surface area contributed by atoms with Gasteiger partial charge in [0.2, 0.25) is 0 Å². The van der Waals surface area contributed by atoms with Crippen LogP contribution in [0, 0.1) is 0 Å². The monoisotopic (exact) mass is 260 g/mol. The maximum Gasteiger partial charge on any atom is 0.253 e. The summed E-state index contributed by atoms with van der Waals surface area (Å²) in [6, 6.07) is 2.61. The zero-order valence-electron chi connectivity index (χ0n) is 11.2. The molecule has 1 amide bonds. The first-order valence-corrected chi connectivity index (χ1v) is 6.96. The Balaban J connectivity index is 1.71. The molecule has 2 atom stereocenters. The number of anilines is 1. The van der Waals surface area contributed by atoms with Crippen molar-refractivity contribution in [3.63, 3.8) is 0 Å². The van der Waals surface area contributed by atoms with Gasteiger partial charge in [-0.2, -0.15) is 0 Å². The van der Waals surface area contributed by atoms with E-state index in [4.69, 9.17) is 0 Å². The molecular weight excluding hydrogens is 240 g/mol. The second-order valence-electron chi connectivity index (χ2n) is 5.29. The van der Waals surface area contributed by atoms with Gasteiger partial charge in [0, 0.05) is 31.9 Å². The lowest BCUT2D eigenvalue weighted by Crippen LogP contribution is -2.42. The van der Waals surface area contributed by atoms with Crippen molar-refractivity contribution in [2.45, 2.75) is 31.3 Å². The third-order valence-electron chi connectivity index (χ3n) is 4.26. The molecule has 3 heterocycles. The van der Waals surface area contributed by atoms with E-state index in [0.29, 0.717) is 17.6 Å². The Morgan fingerprint density at radius 3 is 3.16 bits per heavy atom. The van der Waals surface area contributed by atoms with Gasteiger partial charge < -0.3 is 10.6 Å². The summed E-state index contributed by atoms with van der Waals surface area (Å²) >= 11 is 0. The van der Waals surface area contributed by atoms with E-state index in [1.165, 1.54) is 19.4 Å². The number of nitrogens with zero attached hydrogens (tertiary/aromatic N) is 2. The Labute approximate surface area is 113 Å². The van der Waals surface area contributed by atoms with Crippen LogP contribution in [-0.4, -0.2) is 48.0 Å². The maximum atomic E-state index is 12.4. The normalized spacial score (nSPS) is 26.2. The van der Waals surface area contributed by atoms with Gasteiger partial charge in [0.05, 0.1) is 17.4 Å². The van der Waals surface area contributed by atoms with Gasteiger partial charge in [-0.3, -0.25) is 14.7 Å². The summed E-state index contributed by atoms with van der Waals surface area (Å²) in [5.41, 5.74) is 1.45. The van der Waals surface area contributed by atoms with Gasteiger partial charge in [-0.05, 0) is 31.9 Å². The maximum absolute atomic E-state index is 12.4. The van der Waals surface area contributed by atoms with Gasteiger partial charge in [0.15, 0.2) is 0 Å². The molecule has 0 spiro atoms. The zero-order chi connectivity index (χ0) is 13.2. The number of hydrogen-bond acceptors (Lipinski definition) is 4. The lowest BCUT2D eigenvalue weighted by atomic mass is 10.1. The molecule has 5 nitrogen and oxygen atoms in total. The standard InChI is InChI=1S/C14H20N4O/c1-15-12-9-16-6-4-10(12)14(19)17-11-5-8-18-7-2-3-13(11)18/h4,6,9,11,13,15H,2-3,5,7-8H2,1H3,(H,17,19). The van der Waals surface area contributed by atoms with Crippen LogP contribution >= 0.6 is 0 Å². The van der Waals surface area contributed by atoms with E-state index in [9.17, 15) is 4.79 Å². The second-order valence-corrected chi connectivity index (χ2v) is 5.29. The number of fused-ring (bicyclic) bond motifs is 1. The predicted molar refractivity (Wildman–Crippen MR) is 74.2 cm³/mol. The summed E-state index contributed by atoms with van der Waals surface area (Å²) in [5, 5.41) is 6.21. The summed E-state index contributed by atoms with van der Waals surface area (Å²) in [6.45, 7) is 2.30. The van der Waals surface area contributed by atoms with E-state index >= 15 is 0 Å². The molecule has 1 aromatic rings. The first-order valence-electron chi connectivity index (χ1n) is 6.96. The van der Waals surface area contributed by atoms with E-state index in [0.717, 1.165) is 18.7 Å². The highest BCUT2D eigenvalue weighted by atomic mass is 16.1. The summed E-state index contributed by atoms with van der Waals surface area (Å²) < 4.78 is 0. The van der Waals surface area contributed by atoms with E-state index in [2.05, 4.69) is 20.5 Å². The number of amides is 1. The second kappa shape index (κ2) is 5.17. The van der Waals surface area contributed by atoms with Crippen molar-refractivity contribution in [1.82, 2.24) is 15.2 Å².